The van der Waals surface area contributed by atoms with E-state index in [9.17, 15) is 0 Å². The molecule has 62 valence electrons. The first-order valence-corrected chi connectivity index (χ1v) is 4.22. The fourth-order valence-corrected chi connectivity index (χ4v) is 0.427. The maximum atomic E-state index is 9.06. The van der Waals surface area contributed by atoms with Crippen molar-refractivity contribution in [2.75, 3.05) is 0 Å². The van der Waals surface area contributed by atoms with Gasteiger partial charge < -0.3 is 0 Å². The van der Waals surface area contributed by atoms with E-state index in [0.29, 0.717) is 0 Å². The molecule has 0 atom stereocenters. The summed E-state index contributed by atoms with van der Waals surface area (Å²) in [7, 11) is 0. The average molecular weight is 350 g/mol. The summed E-state index contributed by atoms with van der Waals surface area (Å²) in [6, 6.07) is 0. The minimum Gasteiger partial charge on any atom is -0.273 e. The predicted molar refractivity (Wildman–Crippen MR) is 48.4 cm³/mol. The number of allylic oxidation sites excluding steroid dienone is 4. The molecule has 11 heavy (non-hydrogen) atoms. The standard InChI is InChI=1S/C5H5.2CO.HI.Ru/c1-2-4-5-3-1;2*1-2;;/h1-3H,4H2;;;1H;/q-1;;;;. The first kappa shape index (κ1) is 13.6. The monoisotopic (exact) mass is 351 g/mol. The molecule has 1 aliphatic rings. The van der Waals surface area contributed by atoms with Gasteiger partial charge in [-0.1, -0.05) is 0 Å². The molecule has 0 aliphatic heterocycles. The van der Waals surface area contributed by atoms with Crippen LogP contribution < -0.4 is 0 Å². The van der Waals surface area contributed by atoms with Crippen LogP contribution in [0.15, 0.2) is 18.2 Å². The first-order valence-electron chi connectivity index (χ1n) is 2.48. The molecular formula is C7H6IO2Ru-. The van der Waals surface area contributed by atoms with Crippen LogP contribution in [-0.2, 0) is 25.8 Å². The molecule has 2 nitrogen and oxygen atoms in total. The molecule has 0 saturated carbocycles. The maximum Gasteiger partial charge on any atom is -0.109 e. The van der Waals surface area contributed by atoms with Crippen LogP contribution in [0.2, 0.25) is 0 Å². The van der Waals surface area contributed by atoms with E-state index in [1.165, 1.54) is 8.95 Å². The fraction of sp³-hybridized carbons (Fsp3) is 0.143. The summed E-state index contributed by atoms with van der Waals surface area (Å²) in [5, 5.41) is 0. The van der Waals surface area contributed by atoms with Gasteiger partial charge >= 0.3 is 34.8 Å². The topological polar surface area (TPSA) is 34.1 Å². The molecule has 0 fully saturated rings. The second-order valence-electron chi connectivity index (χ2n) is 1.24. The van der Waals surface area contributed by atoms with E-state index in [1.807, 2.05) is 12.2 Å². The van der Waals surface area contributed by atoms with Gasteiger partial charge in [-0.15, -0.1) is 30.4 Å². The molecule has 0 aromatic heterocycles. The number of hydrogen-bond acceptors (Lipinski definition) is 2. The van der Waals surface area contributed by atoms with Crippen LogP contribution >= 0.6 is 24.0 Å². The predicted octanol–water partition coefficient (Wildman–Crippen LogP) is 1.13. The molecule has 0 unspecified atom stereocenters. The van der Waals surface area contributed by atoms with Crippen LogP contribution in [0.1, 0.15) is 6.42 Å². The molecule has 0 amide bonds. The summed E-state index contributed by atoms with van der Waals surface area (Å²) in [5.41, 5.74) is 0. The zero-order valence-corrected chi connectivity index (χ0v) is 9.59. The molecule has 0 aromatic carbocycles. The van der Waals surface area contributed by atoms with E-state index < -0.39 is 16.2 Å². The Kier molecular flexibility index (Phi) is 15.6. The Morgan fingerprint density at radius 3 is 2.09 bits per heavy atom. The molecular weight excluding hydrogens is 344 g/mol. The maximum absolute atomic E-state index is 9.06. The number of rotatable bonds is 0. The normalized spacial score (nSPS) is 10.2. The van der Waals surface area contributed by atoms with Gasteiger partial charge in [0.1, 0.15) is 0 Å². The minimum atomic E-state index is -0.842. The largest absolute Gasteiger partial charge is 0.273 e. The molecule has 0 N–H and O–H groups in total. The third-order valence-corrected chi connectivity index (χ3v) is 1.01. The molecule has 1 aliphatic carbocycles. The van der Waals surface area contributed by atoms with Crippen LogP contribution in [0.25, 0.3) is 0 Å². The Morgan fingerprint density at radius 2 is 2.00 bits per heavy atom. The smallest absolute Gasteiger partial charge is 0.109 e. The van der Waals surface area contributed by atoms with Crippen molar-refractivity contribution >= 4 is 32.9 Å². The van der Waals surface area contributed by atoms with Crippen molar-refractivity contribution in [3.05, 3.63) is 24.3 Å². The van der Waals surface area contributed by atoms with Crippen LogP contribution in [-0.4, -0.2) is 8.95 Å². The van der Waals surface area contributed by atoms with Crippen molar-refractivity contribution in [3.63, 3.8) is 0 Å². The number of halogens is 1. The van der Waals surface area contributed by atoms with Gasteiger partial charge in [0, 0.05) is 0 Å². The zero-order valence-electron chi connectivity index (χ0n) is 5.52. The average Bonchev–Trinajstić information content (AvgIpc) is 2.44. The molecule has 0 aromatic rings. The van der Waals surface area contributed by atoms with Gasteiger partial charge in [-0.2, -0.15) is 6.08 Å². The van der Waals surface area contributed by atoms with Crippen molar-refractivity contribution in [1.29, 1.82) is 0 Å². The van der Waals surface area contributed by atoms with Gasteiger partial charge in [0.05, 0.1) is 0 Å². The fourth-order valence-electron chi connectivity index (χ4n) is 0.355. The van der Waals surface area contributed by atoms with Crippen molar-refractivity contribution in [1.82, 2.24) is 0 Å². The molecule has 0 bridgehead atoms. The van der Waals surface area contributed by atoms with Gasteiger partial charge in [0.15, 0.2) is 0 Å². The molecule has 4 heteroatoms. The SMILES string of the molecule is I.O=[C]=[Ru]=[C]=O.[C-]1=CC=CC1. The summed E-state index contributed by atoms with van der Waals surface area (Å²) in [4.78, 5) is 18.1. The van der Waals surface area contributed by atoms with Crippen LogP contribution in [0, 0.1) is 6.08 Å². The Morgan fingerprint density at radius 1 is 1.36 bits per heavy atom. The molecule has 0 spiro atoms. The second-order valence-corrected chi connectivity index (χ2v) is 2.38. The van der Waals surface area contributed by atoms with Gasteiger partial charge in [-0.3, -0.25) is 6.08 Å². The molecule has 0 heterocycles. The summed E-state index contributed by atoms with van der Waals surface area (Å²) in [6.07, 6.45) is 10.0. The van der Waals surface area contributed by atoms with Crippen LogP contribution in [0.3, 0.4) is 0 Å². The van der Waals surface area contributed by atoms with Crippen molar-refractivity contribution in [2.45, 2.75) is 6.42 Å². The van der Waals surface area contributed by atoms with Crippen LogP contribution in [0.4, 0.5) is 0 Å². The van der Waals surface area contributed by atoms with E-state index in [1.54, 1.807) is 0 Å². The third-order valence-electron chi connectivity index (χ3n) is 0.658. The minimum absolute atomic E-state index is 0. The molecule has 0 radical (unpaired) electrons. The van der Waals surface area contributed by atoms with Crippen molar-refractivity contribution < 1.29 is 25.8 Å². The molecule has 1 rings (SSSR count). The van der Waals surface area contributed by atoms with E-state index >= 15 is 0 Å². The molecule has 0 saturated heterocycles. The van der Waals surface area contributed by atoms with Crippen molar-refractivity contribution in [3.8, 4) is 0 Å². The Balaban J connectivity index is 0. The number of carbonyl (C=O) groups excluding carboxylic acids is 2. The van der Waals surface area contributed by atoms with Crippen molar-refractivity contribution in [2.24, 2.45) is 0 Å². The third kappa shape index (κ3) is 13.1. The second kappa shape index (κ2) is 12.7. The summed E-state index contributed by atoms with van der Waals surface area (Å²) < 4.78 is 2.87. The Hall–Kier alpha value is -0.00662. The van der Waals surface area contributed by atoms with Crippen LogP contribution in [0.5, 0.6) is 0 Å². The van der Waals surface area contributed by atoms with E-state index in [2.05, 4.69) is 12.2 Å². The zero-order chi connectivity index (χ0) is 7.66. The van der Waals surface area contributed by atoms with E-state index in [4.69, 9.17) is 9.59 Å². The quantitative estimate of drug-likeness (QED) is 0.373. The Labute approximate surface area is 89.0 Å². The number of hydrogen-bond donors (Lipinski definition) is 0. The Bertz CT molecular complexity index is 219. The summed E-state index contributed by atoms with van der Waals surface area (Å²) in [6.45, 7) is 0. The first-order chi connectivity index (χ1) is 4.91. The van der Waals surface area contributed by atoms with Gasteiger partial charge in [0.2, 0.25) is 0 Å². The van der Waals surface area contributed by atoms with E-state index in [-0.39, 0.29) is 24.0 Å². The van der Waals surface area contributed by atoms with E-state index in [0.717, 1.165) is 6.42 Å². The summed E-state index contributed by atoms with van der Waals surface area (Å²) in [5.74, 6) is 0. The van der Waals surface area contributed by atoms with Gasteiger partial charge in [-0.05, 0) is 0 Å². The van der Waals surface area contributed by atoms with Gasteiger partial charge in [-0.25, -0.2) is 12.2 Å². The summed E-state index contributed by atoms with van der Waals surface area (Å²) >= 11 is -0.842. The van der Waals surface area contributed by atoms with Gasteiger partial charge in [0.25, 0.3) is 0 Å².